The van der Waals surface area contributed by atoms with Crippen LogP contribution in [0.1, 0.15) is 43.5 Å². The van der Waals surface area contributed by atoms with E-state index in [9.17, 15) is 4.79 Å². The van der Waals surface area contributed by atoms with Crippen LogP contribution in [0.3, 0.4) is 0 Å². The van der Waals surface area contributed by atoms with Gasteiger partial charge in [-0.2, -0.15) is 0 Å². The molecule has 2 heterocycles. The summed E-state index contributed by atoms with van der Waals surface area (Å²) in [6.45, 7) is 5.14. The van der Waals surface area contributed by atoms with E-state index in [-0.39, 0.29) is 17.5 Å². The monoisotopic (exact) mass is 308 g/mol. The Labute approximate surface area is 130 Å². The fourth-order valence-corrected chi connectivity index (χ4v) is 4.11. The van der Waals surface area contributed by atoms with Gasteiger partial charge in [-0.25, -0.2) is 4.79 Å². The van der Waals surface area contributed by atoms with Crippen LogP contribution in [-0.4, -0.2) is 37.2 Å². The van der Waals surface area contributed by atoms with Crippen LogP contribution in [0.4, 0.5) is 4.79 Å². The summed E-state index contributed by atoms with van der Waals surface area (Å²) in [6, 6.07) is 4.32. The van der Waals surface area contributed by atoms with Gasteiger partial charge in [0.25, 0.3) is 0 Å². The van der Waals surface area contributed by atoms with E-state index in [4.69, 9.17) is 4.74 Å². The van der Waals surface area contributed by atoms with E-state index in [1.807, 2.05) is 11.0 Å². The van der Waals surface area contributed by atoms with E-state index in [1.54, 1.807) is 11.3 Å². The van der Waals surface area contributed by atoms with Crippen LogP contribution in [-0.2, 0) is 4.74 Å². The van der Waals surface area contributed by atoms with Gasteiger partial charge in [0, 0.05) is 23.4 Å². The molecular weight excluding hydrogens is 284 g/mol. The van der Waals surface area contributed by atoms with E-state index >= 15 is 0 Å². The van der Waals surface area contributed by atoms with Crippen molar-refractivity contribution in [2.45, 2.75) is 38.6 Å². The van der Waals surface area contributed by atoms with Crippen molar-refractivity contribution < 1.29 is 9.53 Å². The smallest absolute Gasteiger partial charge is 0.318 e. The molecule has 5 heteroatoms. The van der Waals surface area contributed by atoms with Crippen LogP contribution < -0.4 is 5.32 Å². The van der Waals surface area contributed by atoms with Gasteiger partial charge in [-0.3, -0.25) is 0 Å². The minimum atomic E-state index is 0.0621. The Balaban J connectivity index is 1.63. The standard InChI is InChI=1S/C16H24N2O2S/c1-2-13(14-5-3-10-21-14)17-15(19)18-8-9-20-12-16(11-18)6-4-7-16/h3,5,10,13H,2,4,6-9,11-12H2,1H3,(H,17,19)/t13-/m1/s1. The second-order valence-electron chi connectivity index (χ2n) is 6.25. The molecule has 2 fully saturated rings. The first kappa shape index (κ1) is 14.9. The highest BCUT2D eigenvalue weighted by Crippen LogP contribution is 2.42. The summed E-state index contributed by atoms with van der Waals surface area (Å²) < 4.78 is 5.72. The Morgan fingerprint density at radius 3 is 3.05 bits per heavy atom. The topological polar surface area (TPSA) is 41.6 Å². The quantitative estimate of drug-likeness (QED) is 0.929. The predicted molar refractivity (Wildman–Crippen MR) is 84.6 cm³/mol. The Hall–Kier alpha value is -1.07. The molecule has 2 amide bonds. The number of nitrogens with one attached hydrogen (secondary N) is 1. The fourth-order valence-electron chi connectivity index (χ4n) is 3.25. The molecule has 1 spiro atoms. The van der Waals surface area contributed by atoms with Crippen LogP contribution in [0.15, 0.2) is 17.5 Å². The number of ether oxygens (including phenoxy) is 1. The molecule has 1 aliphatic carbocycles. The second-order valence-corrected chi connectivity index (χ2v) is 7.23. The number of urea groups is 1. The molecule has 1 saturated heterocycles. The number of nitrogens with zero attached hydrogens (tertiary/aromatic N) is 1. The number of hydrogen-bond acceptors (Lipinski definition) is 3. The van der Waals surface area contributed by atoms with E-state index in [1.165, 1.54) is 24.1 Å². The zero-order valence-electron chi connectivity index (χ0n) is 12.6. The predicted octanol–water partition coefficient (Wildman–Crippen LogP) is 3.41. The lowest BCUT2D eigenvalue weighted by Crippen LogP contribution is -2.49. The highest BCUT2D eigenvalue weighted by Gasteiger charge is 2.41. The van der Waals surface area contributed by atoms with Crippen molar-refractivity contribution in [1.82, 2.24) is 10.2 Å². The van der Waals surface area contributed by atoms with Crippen molar-refractivity contribution in [3.05, 3.63) is 22.4 Å². The molecule has 1 saturated carbocycles. The van der Waals surface area contributed by atoms with E-state index < -0.39 is 0 Å². The molecule has 21 heavy (non-hydrogen) atoms. The average Bonchev–Trinajstić information content (AvgIpc) is 2.87. The molecule has 2 aliphatic rings. The molecule has 1 N–H and O–H groups in total. The summed E-state index contributed by atoms with van der Waals surface area (Å²) in [5, 5.41) is 5.26. The lowest BCUT2D eigenvalue weighted by atomic mass is 9.69. The van der Waals surface area contributed by atoms with Crippen LogP contribution in [0, 0.1) is 5.41 Å². The van der Waals surface area contributed by atoms with E-state index in [0.29, 0.717) is 13.2 Å². The molecule has 4 nitrogen and oxygen atoms in total. The number of carbonyl (C=O) groups is 1. The van der Waals surface area contributed by atoms with E-state index in [0.717, 1.165) is 19.6 Å². The molecule has 116 valence electrons. The molecule has 1 atom stereocenters. The Morgan fingerprint density at radius 2 is 2.43 bits per heavy atom. The number of rotatable bonds is 3. The summed E-state index contributed by atoms with van der Waals surface area (Å²) >= 11 is 1.71. The van der Waals surface area contributed by atoms with Crippen molar-refractivity contribution in [2.75, 3.05) is 26.3 Å². The normalized spacial score (nSPS) is 22.4. The van der Waals surface area contributed by atoms with Gasteiger partial charge in [0.2, 0.25) is 0 Å². The molecule has 1 aliphatic heterocycles. The van der Waals surface area contributed by atoms with Crippen molar-refractivity contribution in [3.8, 4) is 0 Å². The number of thiophene rings is 1. The van der Waals surface area contributed by atoms with Crippen LogP contribution >= 0.6 is 11.3 Å². The van der Waals surface area contributed by atoms with Gasteiger partial charge in [-0.1, -0.05) is 19.4 Å². The third kappa shape index (κ3) is 3.24. The maximum absolute atomic E-state index is 12.6. The lowest BCUT2D eigenvalue weighted by Gasteiger charge is -2.42. The minimum Gasteiger partial charge on any atom is -0.379 e. The average molecular weight is 308 g/mol. The first-order valence-electron chi connectivity index (χ1n) is 7.89. The van der Waals surface area contributed by atoms with Crippen LogP contribution in [0.5, 0.6) is 0 Å². The molecule has 3 rings (SSSR count). The lowest BCUT2D eigenvalue weighted by molar-refractivity contribution is 0.0125. The fraction of sp³-hybridized carbons (Fsp3) is 0.688. The summed E-state index contributed by atoms with van der Waals surface area (Å²) in [6.07, 6.45) is 4.57. The Morgan fingerprint density at radius 1 is 1.57 bits per heavy atom. The summed E-state index contributed by atoms with van der Waals surface area (Å²) in [7, 11) is 0. The Bertz CT molecular complexity index is 471. The largest absolute Gasteiger partial charge is 0.379 e. The van der Waals surface area contributed by atoms with Gasteiger partial charge in [-0.15, -0.1) is 11.3 Å². The second kappa shape index (κ2) is 6.36. The molecule has 0 radical (unpaired) electrons. The van der Waals surface area contributed by atoms with Crippen molar-refractivity contribution in [1.29, 1.82) is 0 Å². The van der Waals surface area contributed by atoms with Gasteiger partial charge < -0.3 is 15.0 Å². The van der Waals surface area contributed by atoms with Crippen molar-refractivity contribution >= 4 is 17.4 Å². The summed E-state index contributed by atoms with van der Waals surface area (Å²) in [5.74, 6) is 0. The first-order valence-corrected chi connectivity index (χ1v) is 8.77. The SMILES string of the molecule is CC[C@@H](NC(=O)N1CCOCC2(CCC2)C1)c1cccs1. The van der Waals surface area contributed by atoms with Crippen LogP contribution in [0.2, 0.25) is 0 Å². The summed E-state index contributed by atoms with van der Waals surface area (Å²) in [4.78, 5) is 15.8. The third-order valence-electron chi connectivity index (χ3n) is 4.73. The molecule has 0 bridgehead atoms. The van der Waals surface area contributed by atoms with Gasteiger partial charge in [-0.05, 0) is 30.7 Å². The maximum atomic E-state index is 12.6. The zero-order valence-corrected chi connectivity index (χ0v) is 13.5. The molecule has 0 unspecified atom stereocenters. The van der Waals surface area contributed by atoms with Crippen LogP contribution in [0.25, 0.3) is 0 Å². The molecule has 1 aromatic rings. The first-order chi connectivity index (χ1) is 10.2. The highest BCUT2D eigenvalue weighted by molar-refractivity contribution is 7.10. The minimum absolute atomic E-state index is 0.0621. The number of hydrogen-bond donors (Lipinski definition) is 1. The third-order valence-corrected chi connectivity index (χ3v) is 5.72. The molecular formula is C16H24N2O2S. The molecule has 1 aromatic heterocycles. The highest BCUT2D eigenvalue weighted by atomic mass is 32.1. The van der Waals surface area contributed by atoms with Gasteiger partial charge >= 0.3 is 6.03 Å². The Kier molecular flexibility index (Phi) is 4.50. The summed E-state index contributed by atoms with van der Waals surface area (Å²) in [5.41, 5.74) is 0.235. The zero-order chi connectivity index (χ0) is 14.7. The van der Waals surface area contributed by atoms with Gasteiger partial charge in [0.1, 0.15) is 0 Å². The number of amides is 2. The van der Waals surface area contributed by atoms with Gasteiger partial charge in [0.15, 0.2) is 0 Å². The molecule has 0 aromatic carbocycles. The van der Waals surface area contributed by atoms with Crippen molar-refractivity contribution in [3.63, 3.8) is 0 Å². The van der Waals surface area contributed by atoms with Crippen molar-refractivity contribution in [2.24, 2.45) is 5.41 Å². The van der Waals surface area contributed by atoms with E-state index in [2.05, 4.69) is 23.7 Å². The number of carbonyl (C=O) groups excluding carboxylic acids is 1. The maximum Gasteiger partial charge on any atom is 0.318 e. The van der Waals surface area contributed by atoms with Gasteiger partial charge in [0.05, 0.1) is 19.3 Å².